The van der Waals surface area contributed by atoms with Crippen LogP contribution in [-0.4, -0.2) is 21.6 Å². The fraction of sp³-hybridized carbons (Fsp3) is 0.417. The van der Waals surface area contributed by atoms with Gasteiger partial charge in [0.15, 0.2) is 6.61 Å². The molecule has 0 fully saturated rings. The first-order valence-corrected chi connectivity index (χ1v) is 7.28. The van der Waals surface area contributed by atoms with Crippen LogP contribution in [0.5, 0.6) is 5.75 Å². The van der Waals surface area contributed by atoms with Crippen molar-refractivity contribution in [3.8, 4) is 11.8 Å². The Balaban J connectivity index is 2.60. The van der Waals surface area contributed by atoms with Gasteiger partial charge in [0, 0.05) is 12.2 Å². The lowest BCUT2D eigenvalue weighted by Crippen LogP contribution is -2.32. The van der Waals surface area contributed by atoms with E-state index in [0.717, 1.165) is 0 Å². The molecule has 1 aromatic rings. The average Bonchev–Trinajstić information content (AvgIpc) is 2.35. The molecule has 19 heavy (non-hydrogen) atoms. The number of benzene rings is 1. The zero-order valence-electron chi connectivity index (χ0n) is 10.9. The van der Waals surface area contributed by atoms with E-state index in [1.807, 2.05) is 19.9 Å². The zero-order chi connectivity index (χ0) is 14.3. The van der Waals surface area contributed by atoms with E-state index in [9.17, 15) is 8.42 Å². The van der Waals surface area contributed by atoms with Crippen molar-refractivity contribution in [2.45, 2.75) is 13.8 Å². The summed E-state index contributed by atoms with van der Waals surface area (Å²) in [7, 11) is -3.55. The van der Waals surface area contributed by atoms with Crippen LogP contribution in [0.15, 0.2) is 24.3 Å². The largest absolute Gasteiger partial charge is 0.479 e. The van der Waals surface area contributed by atoms with E-state index in [0.29, 0.717) is 18.0 Å². The van der Waals surface area contributed by atoms with Gasteiger partial charge in [-0.15, -0.1) is 0 Å². The number of ether oxygens (including phenoxy) is 1. The molecule has 0 radical (unpaired) electrons. The molecule has 0 spiro atoms. The van der Waals surface area contributed by atoms with Crippen molar-refractivity contribution in [2.24, 2.45) is 5.92 Å². The third-order valence-electron chi connectivity index (χ3n) is 2.09. The predicted molar refractivity (Wildman–Crippen MR) is 72.9 cm³/mol. The molecule has 0 bridgehead atoms. The van der Waals surface area contributed by atoms with Gasteiger partial charge in [-0.1, -0.05) is 13.8 Å². The highest BCUT2D eigenvalue weighted by Gasteiger charge is 2.09. The molecule has 0 amide bonds. The summed E-state index contributed by atoms with van der Waals surface area (Å²) in [5.41, 5.74) is 0.431. The topological polar surface area (TPSA) is 91.2 Å². The lowest BCUT2D eigenvalue weighted by molar-refractivity contribution is 0.368. The summed E-state index contributed by atoms with van der Waals surface area (Å²) in [6.45, 7) is 4.17. The maximum absolute atomic E-state index is 11.7. The maximum atomic E-state index is 11.7. The predicted octanol–water partition coefficient (Wildman–Crippen LogP) is 1.49. The van der Waals surface area contributed by atoms with Crippen LogP contribution in [0.2, 0.25) is 0 Å². The Labute approximate surface area is 113 Å². The van der Waals surface area contributed by atoms with Crippen molar-refractivity contribution in [1.29, 1.82) is 5.26 Å². The number of rotatable bonds is 7. The van der Waals surface area contributed by atoms with E-state index in [4.69, 9.17) is 10.00 Å². The van der Waals surface area contributed by atoms with E-state index in [1.54, 1.807) is 24.3 Å². The molecule has 1 aromatic carbocycles. The molecule has 104 valence electrons. The van der Waals surface area contributed by atoms with Gasteiger partial charge in [-0.3, -0.25) is 4.72 Å². The fourth-order valence-electron chi connectivity index (χ4n) is 1.20. The van der Waals surface area contributed by atoms with Gasteiger partial charge in [-0.05, 0) is 30.2 Å². The van der Waals surface area contributed by atoms with Crippen molar-refractivity contribution in [2.75, 3.05) is 17.9 Å². The van der Waals surface area contributed by atoms with Crippen molar-refractivity contribution < 1.29 is 13.2 Å². The van der Waals surface area contributed by atoms with Crippen LogP contribution in [0.1, 0.15) is 13.8 Å². The smallest absolute Gasteiger partial charge is 0.299 e. The highest BCUT2D eigenvalue weighted by atomic mass is 32.2. The molecule has 0 aliphatic rings. The Kier molecular flexibility index (Phi) is 5.60. The van der Waals surface area contributed by atoms with Gasteiger partial charge < -0.3 is 4.74 Å². The zero-order valence-corrected chi connectivity index (χ0v) is 11.7. The van der Waals surface area contributed by atoms with E-state index < -0.39 is 10.2 Å². The second-order valence-electron chi connectivity index (χ2n) is 4.32. The third kappa shape index (κ3) is 6.08. The SMILES string of the molecule is CC(C)CNS(=O)(=O)Nc1ccc(OCC#N)cc1. The summed E-state index contributed by atoms with van der Waals surface area (Å²) in [6.07, 6.45) is 0. The number of anilines is 1. The molecule has 7 heteroatoms. The summed E-state index contributed by atoms with van der Waals surface area (Å²) in [6, 6.07) is 8.18. The minimum absolute atomic E-state index is 0.0407. The van der Waals surface area contributed by atoms with Gasteiger partial charge in [0.1, 0.15) is 11.8 Å². The molecular weight excluding hydrogens is 266 g/mol. The fourth-order valence-corrected chi connectivity index (χ4v) is 2.27. The van der Waals surface area contributed by atoms with Crippen LogP contribution in [0.4, 0.5) is 5.69 Å². The molecule has 0 unspecified atom stereocenters. The molecule has 0 heterocycles. The molecule has 0 atom stereocenters. The van der Waals surface area contributed by atoms with Crippen LogP contribution in [0.25, 0.3) is 0 Å². The van der Waals surface area contributed by atoms with Gasteiger partial charge in [0.05, 0.1) is 0 Å². The molecule has 2 N–H and O–H groups in total. The average molecular weight is 283 g/mol. The highest BCUT2D eigenvalue weighted by molar-refractivity contribution is 7.90. The van der Waals surface area contributed by atoms with Crippen LogP contribution < -0.4 is 14.2 Å². The van der Waals surface area contributed by atoms with E-state index in [1.165, 1.54) is 0 Å². The van der Waals surface area contributed by atoms with Crippen molar-refractivity contribution >= 4 is 15.9 Å². The number of nitriles is 1. The van der Waals surface area contributed by atoms with E-state index >= 15 is 0 Å². The third-order valence-corrected chi connectivity index (χ3v) is 3.14. The molecule has 0 aliphatic carbocycles. The molecule has 0 aromatic heterocycles. The maximum Gasteiger partial charge on any atom is 0.299 e. The van der Waals surface area contributed by atoms with Gasteiger partial charge in [0.2, 0.25) is 0 Å². The highest BCUT2D eigenvalue weighted by Crippen LogP contribution is 2.16. The van der Waals surface area contributed by atoms with Crippen LogP contribution in [0, 0.1) is 17.2 Å². The van der Waals surface area contributed by atoms with Gasteiger partial charge in [-0.2, -0.15) is 18.4 Å². The molecule has 0 saturated heterocycles. The Morgan fingerprint density at radius 3 is 2.47 bits per heavy atom. The Bertz CT molecular complexity index is 532. The van der Waals surface area contributed by atoms with Gasteiger partial charge in [0.25, 0.3) is 10.2 Å². The molecule has 6 nitrogen and oxygen atoms in total. The summed E-state index contributed by atoms with van der Waals surface area (Å²) < 4.78 is 33.2. The first-order valence-electron chi connectivity index (χ1n) is 5.80. The Morgan fingerprint density at radius 1 is 1.32 bits per heavy atom. The first kappa shape index (κ1) is 15.3. The molecular formula is C12H17N3O3S. The van der Waals surface area contributed by atoms with Gasteiger partial charge in [-0.25, -0.2) is 0 Å². The standard InChI is InChI=1S/C12H17N3O3S/c1-10(2)9-14-19(16,17)15-11-3-5-12(6-4-11)18-8-7-13/h3-6,10,14-15H,8-9H2,1-2H3. The van der Waals surface area contributed by atoms with E-state index in [2.05, 4.69) is 9.44 Å². The number of nitrogens with zero attached hydrogens (tertiary/aromatic N) is 1. The molecule has 1 rings (SSSR count). The Morgan fingerprint density at radius 2 is 1.95 bits per heavy atom. The minimum Gasteiger partial charge on any atom is -0.479 e. The van der Waals surface area contributed by atoms with E-state index in [-0.39, 0.29) is 12.5 Å². The van der Waals surface area contributed by atoms with Crippen molar-refractivity contribution in [3.05, 3.63) is 24.3 Å². The molecule has 0 saturated carbocycles. The summed E-state index contributed by atoms with van der Waals surface area (Å²) in [5.74, 6) is 0.748. The number of hydrogen-bond acceptors (Lipinski definition) is 4. The van der Waals surface area contributed by atoms with Gasteiger partial charge >= 0.3 is 0 Å². The first-order chi connectivity index (χ1) is 8.93. The lowest BCUT2D eigenvalue weighted by atomic mass is 10.2. The normalized spacial score (nSPS) is 11.1. The number of hydrogen-bond donors (Lipinski definition) is 2. The van der Waals surface area contributed by atoms with Crippen molar-refractivity contribution in [3.63, 3.8) is 0 Å². The van der Waals surface area contributed by atoms with Crippen LogP contribution in [-0.2, 0) is 10.2 Å². The minimum atomic E-state index is -3.55. The molecule has 0 aliphatic heterocycles. The summed E-state index contributed by atoms with van der Waals surface area (Å²) >= 11 is 0. The Hall–Kier alpha value is -1.78. The second-order valence-corrected chi connectivity index (χ2v) is 5.82. The lowest BCUT2D eigenvalue weighted by Gasteiger charge is -2.11. The van der Waals surface area contributed by atoms with Crippen LogP contribution in [0.3, 0.4) is 0 Å². The quantitative estimate of drug-likeness (QED) is 0.793. The second kappa shape index (κ2) is 6.97. The summed E-state index contributed by atoms with van der Waals surface area (Å²) in [5, 5.41) is 8.36. The monoisotopic (exact) mass is 283 g/mol. The number of nitrogens with one attached hydrogen (secondary N) is 2. The van der Waals surface area contributed by atoms with Crippen molar-refractivity contribution in [1.82, 2.24) is 4.72 Å². The summed E-state index contributed by atoms with van der Waals surface area (Å²) in [4.78, 5) is 0. The van der Waals surface area contributed by atoms with Crippen LogP contribution >= 0.6 is 0 Å².